The SMILES string of the molecule is CCN1CCN(CC2(C(=O)NCC(C)C)CCN(C)CC2)CC1C. The summed E-state index contributed by atoms with van der Waals surface area (Å²) < 4.78 is 0. The summed E-state index contributed by atoms with van der Waals surface area (Å²) in [5, 5.41) is 3.23. The number of rotatable bonds is 6. The van der Waals surface area contributed by atoms with Crippen LogP contribution in [-0.2, 0) is 4.79 Å². The lowest BCUT2D eigenvalue weighted by atomic mass is 9.76. The highest BCUT2D eigenvalue weighted by atomic mass is 16.2. The predicted molar refractivity (Wildman–Crippen MR) is 100 cm³/mol. The van der Waals surface area contributed by atoms with Gasteiger partial charge in [-0.25, -0.2) is 0 Å². The zero-order valence-corrected chi connectivity index (χ0v) is 16.5. The summed E-state index contributed by atoms with van der Waals surface area (Å²) >= 11 is 0. The third kappa shape index (κ3) is 4.93. The van der Waals surface area contributed by atoms with E-state index in [0.29, 0.717) is 12.0 Å². The normalized spacial score (nSPS) is 26.7. The number of piperazine rings is 1. The molecular formula is C19H38N4O. The largest absolute Gasteiger partial charge is 0.355 e. The Kier molecular flexibility index (Phi) is 7.08. The average molecular weight is 339 g/mol. The number of piperidine rings is 1. The quantitative estimate of drug-likeness (QED) is 0.797. The van der Waals surface area contributed by atoms with Gasteiger partial charge < -0.3 is 10.2 Å². The van der Waals surface area contributed by atoms with Gasteiger partial charge in [0, 0.05) is 38.8 Å². The van der Waals surface area contributed by atoms with Gasteiger partial charge in [0.15, 0.2) is 0 Å². The monoisotopic (exact) mass is 338 g/mol. The average Bonchev–Trinajstić information content (AvgIpc) is 2.55. The summed E-state index contributed by atoms with van der Waals surface area (Å²) in [7, 11) is 2.16. The molecule has 2 saturated heterocycles. The summed E-state index contributed by atoms with van der Waals surface area (Å²) in [5.41, 5.74) is -0.199. The fraction of sp³-hybridized carbons (Fsp3) is 0.947. The van der Waals surface area contributed by atoms with Crippen molar-refractivity contribution >= 4 is 5.91 Å². The van der Waals surface area contributed by atoms with Crippen LogP contribution in [0.15, 0.2) is 0 Å². The molecule has 0 aliphatic carbocycles. The van der Waals surface area contributed by atoms with Crippen molar-refractivity contribution in [3.8, 4) is 0 Å². The van der Waals surface area contributed by atoms with E-state index in [0.717, 1.165) is 65.2 Å². The van der Waals surface area contributed by atoms with E-state index in [-0.39, 0.29) is 11.3 Å². The Morgan fingerprint density at radius 1 is 1.21 bits per heavy atom. The molecule has 1 unspecified atom stereocenters. The van der Waals surface area contributed by atoms with Gasteiger partial charge in [-0.05, 0) is 52.4 Å². The van der Waals surface area contributed by atoms with E-state index in [1.54, 1.807) is 0 Å². The molecule has 140 valence electrons. The number of amides is 1. The Labute approximate surface area is 148 Å². The van der Waals surface area contributed by atoms with Crippen molar-refractivity contribution in [2.45, 2.75) is 46.6 Å². The molecule has 2 rings (SSSR count). The van der Waals surface area contributed by atoms with E-state index < -0.39 is 0 Å². The first-order valence-electron chi connectivity index (χ1n) is 9.79. The minimum Gasteiger partial charge on any atom is -0.355 e. The van der Waals surface area contributed by atoms with Gasteiger partial charge in [0.05, 0.1) is 5.41 Å². The molecule has 0 spiro atoms. The third-order valence-electron chi connectivity index (χ3n) is 5.88. The van der Waals surface area contributed by atoms with Gasteiger partial charge in [0.25, 0.3) is 0 Å². The van der Waals surface area contributed by atoms with Crippen molar-refractivity contribution < 1.29 is 4.79 Å². The maximum Gasteiger partial charge on any atom is 0.227 e. The Bertz CT molecular complexity index is 404. The standard InChI is InChI=1S/C19H38N4O/c1-6-23-12-11-22(14-17(23)4)15-19(7-9-21(5)10-8-19)18(24)20-13-16(2)3/h16-17H,6-15H2,1-5H3,(H,20,24). The summed E-state index contributed by atoms with van der Waals surface area (Å²) in [6.07, 6.45) is 1.96. The Hall–Kier alpha value is -0.650. The first kappa shape index (κ1) is 19.7. The van der Waals surface area contributed by atoms with Crippen LogP contribution >= 0.6 is 0 Å². The minimum absolute atomic E-state index is 0.199. The van der Waals surface area contributed by atoms with Crippen LogP contribution in [0.3, 0.4) is 0 Å². The highest BCUT2D eigenvalue weighted by Gasteiger charge is 2.42. The molecular weight excluding hydrogens is 300 g/mol. The second-order valence-corrected chi connectivity index (χ2v) is 8.40. The van der Waals surface area contributed by atoms with Crippen molar-refractivity contribution in [2.24, 2.45) is 11.3 Å². The smallest absolute Gasteiger partial charge is 0.227 e. The molecule has 0 aromatic heterocycles. The molecule has 0 radical (unpaired) electrons. The van der Waals surface area contributed by atoms with Crippen LogP contribution < -0.4 is 5.32 Å². The topological polar surface area (TPSA) is 38.8 Å². The number of likely N-dealkylation sites (N-methyl/N-ethyl adjacent to an activating group) is 1. The number of hydrogen-bond donors (Lipinski definition) is 1. The molecule has 1 atom stereocenters. The molecule has 5 heteroatoms. The van der Waals surface area contributed by atoms with Crippen LogP contribution in [0.2, 0.25) is 0 Å². The van der Waals surface area contributed by atoms with Crippen LogP contribution in [-0.4, -0.2) is 86.1 Å². The van der Waals surface area contributed by atoms with Crippen molar-refractivity contribution in [2.75, 3.05) is 59.4 Å². The maximum absolute atomic E-state index is 13.0. The van der Waals surface area contributed by atoms with Gasteiger partial charge in [0.2, 0.25) is 5.91 Å². The van der Waals surface area contributed by atoms with E-state index in [1.165, 1.54) is 0 Å². The molecule has 0 bridgehead atoms. The molecule has 2 aliphatic heterocycles. The highest BCUT2D eigenvalue weighted by molar-refractivity contribution is 5.83. The molecule has 0 saturated carbocycles. The maximum atomic E-state index is 13.0. The van der Waals surface area contributed by atoms with Gasteiger partial charge in [-0.3, -0.25) is 14.6 Å². The number of nitrogens with one attached hydrogen (secondary N) is 1. The molecule has 2 heterocycles. The Morgan fingerprint density at radius 2 is 1.88 bits per heavy atom. The fourth-order valence-electron chi connectivity index (χ4n) is 4.10. The zero-order valence-electron chi connectivity index (χ0n) is 16.5. The van der Waals surface area contributed by atoms with Gasteiger partial charge >= 0.3 is 0 Å². The lowest BCUT2D eigenvalue weighted by Crippen LogP contribution is -2.58. The van der Waals surface area contributed by atoms with E-state index in [4.69, 9.17) is 0 Å². The number of carbonyl (C=O) groups excluding carboxylic acids is 1. The van der Waals surface area contributed by atoms with Gasteiger partial charge in [-0.1, -0.05) is 20.8 Å². The molecule has 5 nitrogen and oxygen atoms in total. The molecule has 24 heavy (non-hydrogen) atoms. The van der Waals surface area contributed by atoms with E-state index in [2.05, 4.69) is 54.8 Å². The molecule has 2 aliphatic rings. The fourth-order valence-corrected chi connectivity index (χ4v) is 4.10. The van der Waals surface area contributed by atoms with Crippen molar-refractivity contribution in [3.63, 3.8) is 0 Å². The van der Waals surface area contributed by atoms with Crippen LogP contribution in [0.25, 0.3) is 0 Å². The molecule has 1 N–H and O–H groups in total. The van der Waals surface area contributed by atoms with Crippen molar-refractivity contribution in [1.82, 2.24) is 20.0 Å². The number of likely N-dealkylation sites (tertiary alicyclic amines) is 1. The predicted octanol–water partition coefficient (Wildman–Crippen LogP) is 1.50. The summed E-state index contributed by atoms with van der Waals surface area (Å²) in [5.74, 6) is 0.792. The molecule has 2 fully saturated rings. The Morgan fingerprint density at radius 3 is 2.42 bits per heavy atom. The van der Waals surface area contributed by atoms with Crippen molar-refractivity contribution in [1.29, 1.82) is 0 Å². The Balaban J connectivity index is 2.02. The van der Waals surface area contributed by atoms with E-state index >= 15 is 0 Å². The first-order valence-corrected chi connectivity index (χ1v) is 9.79. The lowest BCUT2D eigenvalue weighted by molar-refractivity contribution is -0.136. The molecule has 0 aromatic carbocycles. The van der Waals surface area contributed by atoms with Gasteiger partial charge in [-0.2, -0.15) is 0 Å². The van der Waals surface area contributed by atoms with Crippen LogP contribution in [0.4, 0.5) is 0 Å². The second kappa shape index (κ2) is 8.63. The minimum atomic E-state index is -0.199. The number of nitrogens with zero attached hydrogens (tertiary/aromatic N) is 3. The van der Waals surface area contributed by atoms with E-state index in [1.807, 2.05) is 0 Å². The van der Waals surface area contributed by atoms with Crippen LogP contribution in [0, 0.1) is 11.3 Å². The number of carbonyl (C=O) groups is 1. The summed E-state index contributed by atoms with van der Waals surface area (Å²) in [4.78, 5) is 20.5. The van der Waals surface area contributed by atoms with Gasteiger partial charge in [0.1, 0.15) is 0 Å². The lowest BCUT2D eigenvalue weighted by Gasteiger charge is -2.46. The van der Waals surface area contributed by atoms with Crippen LogP contribution in [0.5, 0.6) is 0 Å². The third-order valence-corrected chi connectivity index (χ3v) is 5.88. The molecule has 0 aromatic rings. The summed E-state index contributed by atoms with van der Waals surface area (Å²) in [6.45, 7) is 17.1. The van der Waals surface area contributed by atoms with Crippen LogP contribution in [0.1, 0.15) is 40.5 Å². The zero-order chi connectivity index (χ0) is 17.7. The second-order valence-electron chi connectivity index (χ2n) is 8.40. The molecule has 1 amide bonds. The highest BCUT2D eigenvalue weighted by Crippen LogP contribution is 2.33. The van der Waals surface area contributed by atoms with Gasteiger partial charge in [-0.15, -0.1) is 0 Å². The number of hydrogen-bond acceptors (Lipinski definition) is 4. The summed E-state index contributed by atoms with van der Waals surface area (Å²) in [6, 6.07) is 0.589. The van der Waals surface area contributed by atoms with Crippen molar-refractivity contribution in [3.05, 3.63) is 0 Å². The van der Waals surface area contributed by atoms with E-state index in [9.17, 15) is 4.79 Å². The first-order chi connectivity index (χ1) is 11.4.